The Bertz CT molecular complexity index is 765. The number of halogens is 2. The number of pyridine rings is 2. The standard InChI is InChI=1S/C9H10ClNO.C9H8ClNO/c2*10-8-5-4-6-2-1-3-7(12)9(6)11-8/h4-5,7,12H,1-3H2;4-5H,1-3H2. The van der Waals surface area contributed by atoms with Crippen molar-refractivity contribution in [3.05, 3.63) is 57.1 Å². The topological polar surface area (TPSA) is 63.1 Å². The van der Waals surface area contributed by atoms with Crippen LogP contribution in [0.25, 0.3) is 0 Å². The molecule has 0 aromatic carbocycles. The molecule has 2 aliphatic rings. The van der Waals surface area contributed by atoms with E-state index < -0.39 is 6.10 Å². The predicted octanol–water partition coefficient (Wildman–Crippen LogP) is 4.36. The minimum atomic E-state index is -0.410. The van der Waals surface area contributed by atoms with Gasteiger partial charge in [-0.3, -0.25) is 4.79 Å². The molecule has 0 radical (unpaired) electrons. The van der Waals surface area contributed by atoms with E-state index in [0.29, 0.717) is 22.4 Å². The first-order valence-corrected chi connectivity index (χ1v) is 8.82. The van der Waals surface area contributed by atoms with Crippen LogP contribution in [0.4, 0.5) is 0 Å². The van der Waals surface area contributed by atoms with Crippen LogP contribution in [0.2, 0.25) is 10.3 Å². The highest BCUT2D eigenvalue weighted by Crippen LogP contribution is 2.28. The van der Waals surface area contributed by atoms with E-state index in [4.69, 9.17) is 23.2 Å². The van der Waals surface area contributed by atoms with Gasteiger partial charge in [0.2, 0.25) is 0 Å². The second-order valence-electron chi connectivity index (χ2n) is 6.00. The summed E-state index contributed by atoms with van der Waals surface area (Å²) in [6.45, 7) is 0. The number of rotatable bonds is 0. The fourth-order valence-corrected chi connectivity index (χ4v) is 3.37. The van der Waals surface area contributed by atoms with Crippen LogP contribution in [0.1, 0.15) is 59.1 Å². The molecule has 4 nitrogen and oxygen atoms in total. The van der Waals surface area contributed by atoms with Crippen molar-refractivity contribution in [3.8, 4) is 0 Å². The molecule has 24 heavy (non-hydrogen) atoms. The van der Waals surface area contributed by atoms with E-state index in [9.17, 15) is 9.90 Å². The lowest BCUT2D eigenvalue weighted by Gasteiger charge is -2.19. The monoisotopic (exact) mass is 364 g/mol. The SMILES string of the molecule is O=C1CCCc2ccc(Cl)nc21.OC1CCCc2ccc(Cl)nc21. The Labute approximate surface area is 150 Å². The molecule has 1 atom stereocenters. The molecule has 4 rings (SSSR count). The van der Waals surface area contributed by atoms with Crippen molar-refractivity contribution in [2.45, 2.75) is 44.6 Å². The molecular weight excluding hydrogens is 347 g/mol. The molecule has 0 saturated carbocycles. The second-order valence-corrected chi connectivity index (χ2v) is 6.78. The summed E-state index contributed by atoms with van der Waals surface area (Å²) in [7, 11) is 0. The predicted molar refractivity (Wildman–Crippen MR) is 93.7 cm³/mol. The quantitative estimate of drug-likeness (QED) is 0.705. The molecular formula is C18H18Cl2N2O2. The van der Waals surface area contributed by atoms with Gasteiger partial charge in [-0.25, -0.2) is 9.97 Å². The number of nitrogens with zero attached hydrogens (tertiary/aromatic N) is 2. The largest absolute Gasteiger partial charge is 0.387 e. The van der Waals surface area contributed by atoms with Gasteiger partial charge in [-0.1, -0.05) is 35.3 Å². The Morgan fingerprint density at radius 2 is 1.58 bits per heavy atom. The van der Waals surface area contributed by atoms with Gasteiger partial charge < -0.3 is 5.11 Å². The smallest absolute Gasteiger partial charge is 0.181 e. The van der Waals surface area contributed by atoms with Crippen LogP contribution >= 0.6 is 23.2 Å². The zero-order valence-corrected chi connectivity index (χ0v) is 14.6. The number of fused-ring (bicyclic) bond motifs is 2. The van der Waals surface area contributed by atoms with Crippen molar-refractivity contribution >= 4 is 29.0 Å². The fourth-order valence-electron chi connectivity index (χ4n) is 3.07. The maximum Gasteiger partial charge on any atom is 0.181 e. The highest BCUT2D eigenvalue weighted by molar-refractivity contribution is 6.29. The summed E-state index contributed by atoms with van der Waals surface area (Å²) in [5.74, 6) is 0.124. The Morgan fingerprint density at radius 1 is 0.917 bits per heavy atom. The highest BCUT2D eigenvalue weighted by atomic mass is 35.5. The fraction of sp³-hybridized carbons (Fsp3) is 0.389. The third kappa shape index (κ3) is 3.94. The summed E-state index contributed by atoms with van der Waals surface area (Å²) in [6.07, 6.45) is 4.95. The Morgan fingerprint density at radius 3 is 2.38 bits per heavy atom. The molecule has 126 valence electrons. The van der Waals surface area contributed by atoms with E-state index in [1.54, 1.807) is 12.1 Å². The van der Waals surface area contributed by atoms with Crippen molar-refractivity contribution in [2.75, 3.05) is 0 Å². The van der Waals surface area contributed by atoms with Crippen molar-refractivity contribution in [1.82, 2.24) is 9.97 Å². The van der Waals surface area contributed by atoms with Crippen LogP contribution in [0, 0.1) is 0 Å². The van der Waals surface area contributed by atoms with E-state index in [2.05, 4.69) is 9.97 Å². The number of Topliss-reactive ketones (excluding diaryl/α,β-unsaturated/α-hetero) is 1. The summed E-state index contributed by atoms with van der Waals surface area (Å²) in [5.41, 5.74) is 3.52. The molecule has 0 fully saturated rings. The van der Waals surface area contributed by atoms with Crippen LogP contribution < -0.4 is 0 Å². The number of aliphatic hydroxyl groups is 1. The highest BCUT2D eigenvalue weighted by Gasteiger charge is 2.19. The Balaban J connectivity index is 0.000000141. The molecule has 2 aromatic rings. The normalized spacial score (nSPS) is 19.0. The van der Waals surface area contributed by atoms with Gasteiger partial charge in [0.05, 0.1) is 11.8 Å². The van der Waals surface area contributed by atoms with Gasteiger partial charge >= 0.3 is 0 Å². The summed E-state index contributed by atoms with van der Waals surface area (Å²) in [6, 6.07) is 7.35. The molecule has 1 N–H and O–H groups in total. The van der Waals surface area contributed by atoms with Gasteiger partial charge in [-0.2, -0.15) is 0 Å². The Hall–Kier alpha value is -1.49. The summed E-state index contributed by atoms with van der Waals surface area (Å²) < 4.78 is 0. The molecule has 0 spiro atoms. The molecule has 6 heteroatoms. The molecule has 0 bridgehead atoms. The van der Waals surface area contributed by atoms with Crippen LogP contribution in [0.15, 0.2) is 24.3 Å². The van der Waals surface area contributed by atoms with Crippen LogP contribution in [-0.2, 0) is 12.8 Å². The summed E-state index contributed by atoms with van der Waals surface area (Å²) in [5, 5.41) is 10.4. The number of carbonyl (C=O) groups is 1. The number of hydrogen-bond donors (Lipinski definition) is 1. The molecule has 2 aliphatic carbocycles. The lowest BCUT2D eigenvalue weighted by Crippen LogP contribution is -2.12. The average molecular weight is 365 g/mol. The van der Waals surface area contributed by atoms with E-state index >= 15 is 0 Å². The van der Waals surface area contributed by atoms with Crippen molar-refractivity contribution in [3.63, 3.8) is 0 Å². The number of aromatic nitrogens is 2. The third-order valence-corrected chi connectivity index (χ3v) is 4.70. The first kappa shape index (κ1) is 17.3. The molecule has 1 unspecified atom stereocenters. The van der Waals surface area contributed by atoms with Crippen molar-refractivity contribution < 1.29 is 9.90 Å². The molecule has 0 aliphatic heterocycles. The van der Waals surface area contributed by atoms with Crippen LogP contribution in [0.3, 0.4) is 0 Å². The molecule has 2 heterocycles. The van der Waals surface area contributed by atoms with Gasteiger partial charge in [0.15, 0.2) is 5.78 Å². The first-order valence-electron chi connectivity index (χ1n) is 8.06. The molecule has 2 aromatic heterocycles. The lowest BCUT2D eigenvalue weighted by molar-refractivity contribution is 0.0967. The third-order valence-electron chi connectivity index (χ3n) is 4.28. The van der Waals surface area contributed by atoms with E-state index in [1.807, 2.05) is 12.1 Å². The van der Waals surface area contributed by atoms with Gasteiger partial charge in [-0.05, 0) is 55.4 Å². The van der Waals surface area contributed by atoms with Crippen LogP contribution in [0.5, 0.6) is 0 Å². The zero-order valence-electron chi connectivity index (χ0n) is 13.1. The number of carbonyl (C=O) groups excluding carboxylic acids is 1. The number of ketones is 1. The first-order chi connectivity index (χ1) is 11.5. The van der Waals surface area contributed by atoms with Gasteiger partial charge in [0, 0.05) is 6.42 Å². The van der Waals surface area contributed by atoms with Crippen LogP contribution in [-0.4, -0.2) is 20.9 Å². The van der Waals surface area contributed by atoms with E-state index in [1.165, 1.54) is 0 Å². The van der Waals surface area contributed by atoms with Gasteiger partial charge in [0.25, 0.3) is 0 Å². The van der Waals surface area contributed by atoms with Gasteiger partial charge in [0.1, 0.15) is 16.0 Å². The summed E-state index contributed by atoms with van der Waals surface area (Å²) in [4.78, 5) is 19.4. The van der Waals surface area contributed by atoms with Gasteiger partial charge in [-0.15, -0.1) is 0 Å². The second kappa shape index (κ2) is 7.60. The minimum absolute atomic E-state index is 0.124. The van der Waals surface area contributed by atoms with E-state index in [-0.39, 0.29) is 5.78 Å². The lowest BCUT2D eigenvalue weighted by atomic mass is 9.94. The number of hydrogen-bond acceptors (Lipinski definition) is 4. The van der Waals surface area contributed by atoms with Crippen molar-refractivity contribution in [1.29, 1.82) is 0 Å². The maximum atomic E-state index is 11.3. The molecule has 0 saturated heterocycles. The number of aliphatic hydroxyl groups excluding tert-OH is 1. The number of aryl methyl sites for hydroxylation is 2. The summed E-state index contributed by atoms with van der Waals surface area (Å²) >= 11 is 11.4. The zero-order chi connectivity index (χ0) is 17.1. The minimum Gasteiger partial charge on any atom is -0.387 e. The maximum absolute atomic E-state index is 11.3. The Kier molecular flexibility index (Phi) is 5.49. The average Bonchev–Trinajstić information content (AvgIpc) is 2.57. The molecule has 0 amide bonds. The van der Waals surface area contributed by atoms with Crippen molar-refractivity contribution in [2.24, 2.45) is 0 Å². The van der Waals surface area contributed by atoms with E-state index in [0.717, 1.165) is 48.9 Å².